The fraction of sp³-hybridized carbons (Fsp3) is 0.290. The van der Waals surface area contributed by atoms with Crippen molar-refractivity contribution < 1.29 is 13.9 Å². The lowest BCUT2D eigenvalue weighted by molar-refractivity contribution is -0.126. The zero-order valence-corrected chi connectivity index (χ0v) is 24.2. The smallest absolute Gasteiger partial charge is 0.355 e. The Bertz CT molecular complexity index is 1720. The standard InChI is InChI=1S/C31H31ClFN5O3/c1-6-26(39)36-14-15-37(19(4)17-36)29-22-16-23(32)27(21-10-7-8-12-24(21)33)34-30(22)38(31(40)35-29)28-20(18(2)3)11-9-13-25(28)41-5/h6-13,16,18-19H,1,14-15,17H2,2-5H3/t19-/m0/s1. The molecular formula is C31H31ClFN5O3. The highest BCUT2D eigenvalue weighted by molar-refractivity contribution is 6.33. The molecule has 10 heteroatoms. The number of pyridine rings is 1. The number of hydrogen-bond donors (Lipinski definition) is 0. The average Bonchev–Trinajstić information content (AvgIpc) is 2.96. The minimum atomic E-state index is -0.565. The Labute approximate surface area is 242 Å². The number of amides is 1. The third-order valence-corrected chi connectivity index (χ3v) is 7.70. The molecule has 0 aliphatic carbocycles. The normalized spacial score (nSPS) is 15.4. The van der Waals surface area contributed by atoms with Crippen LogP contribution in [-0.2, 0) is 4.79 Å². The van der Waals surface area contributed by atoms with Gasteiger partial charge in [0, 0.05) is 31.2 Å². The third-order valence-electron chi connectivity index (χ3n) is 7.41. The molecule has 1 fully saturated rings. The van der Waals surface area contributed by atoms with Crippen LogP contribution >= 0.6 is 11.6 Å². The van der Waals surface area contributed by atoms with Gasteiger partial charge in [0.05, 0.1) is 28.9 Å². The molecule has 1 atom stereocenters. The summed E-state index contributed by atoms with van der Waals surface area (Å²) < 4.78 is 22.1. The number of carbonyl (C=O) groups is 1. The van der Waals surface area contributed by atoms with Crippen LogP contribution in [0.3, 0.4) is 0 Å². The van der Waals surface area contributed by atoms with Gasteiger partial charge in [0.1, 0.15) is 17.4 Å². The Balaban J connectivity index is 1.83. The predicted octanol–water partition coefficient (Wildman–Crippen LogP) is 5.60. The summed E-state index contributed by atoms with van der Waals surface area (Å²) in [6.07, 6.45) is 1.30. The SMILES string of the molecule is C=CC(=O)N1CCN(c2nc(=O)n(-c3c(OC)cccc3C(C)C)c3nc(-c4ccccc4F)c(Cl)cc23)[C@@H](C)C1. The van der Waals surface area contributed by atoms with Crippen molar-refractivity contribution >= 4 is 34.4 Å². The van der Waals surface area contributed by atoms with Crippen molar-refractivity contribution in [1.29, 1.82) is 0 Å². The fourth-order valence-electron chi connectivity index (χ4n) is 5.38. The summed E-state index contributed by atoms with van der Waals surface area (Å²) in [4.78, 5) is 39.4. The number of aromatic nitrogens is 3. The van der Waals surface area contributed by atoms with Gasteiger partial charge in [-0.05, 0) is 48.7 Å². The molecule has 0 radical (unpaired) electrons. The van der Waals surface area contributed by atoms with Crippen LogP contribution in [0.4, 0.5) is 10.2 Å². The second kappa shape index (κ2) is 11.3. The number of para-hydroxylation sites is 1. The highest BCUT2D eigenvalue weighted by Gasteiger charge is 2.30. The Kier molecular flexibility index (Phi) is 7.82. The molecule has 8 nitrogen and oxygen atoms in total. The molecular weight excluding hydrogens is 545 g/mol. The molecule has 0 spiro atoms. The number of piperazine rings is 1. The number of anilines is 1. The fourth-order valence-corrected chi connectivity index (χ4v) is 5.63. The monoisotopic (exact) mass is 575 g/mol. The first kappa shape index (κ1) is 28.3. The van der Waals surface area contributed by atoms with E-state index in [0.29, 0.717) is 42.3 Å². The Morgan fingerprint density at radius 1 is 1.17 bits per heavy atom. The Hall–Kier alpha value is -4.24. The maximum Gasteiger partial charge on any atom is 0.355 e. The van der Waals surface area contributed by atoms with E-state index in [0.717, 1.165) is 5.56 Å². The summed E-state index contributed by atoms with van der Waals surface area (Å²) in [7, 11) is 1.54. The van der Waals surface area contributed by atoms with Gasteiger partial charge in [-0.2, -0.15) is 4.98 Å². The maximum atomic E-state index is 15.0. The van der Waals surface area contributed by atoms with Crippen LogP contribution in [-0.4, -0.2) is 58.1 Å². The maximum absolute atomic E-state index is 15.0. The average molecular weight is 576 g/mol. The predicted molar refractivity (Wildman–Crippen MR) is 160 cm³/mol. The van der Waals surface area contributed by atoms with E-state index in [1.165, 1.54) is 16.7 Å². The summed E-state index contributed by atoms with van der Waals surface area (Å²) in [5.74, 6) is 0.274. The molecule has 0 bridgehead atoms. The van der Waals surface area contributed by atoms with Crippen molar-refractivity contribution in [3.8, 4) is 22.7 Å². The van der Waals surface area contributed by atoms with Gasteiger partial charge in [-0.25, -0.2) is 18.7 Å². The van der Waals surface area contributed by atoms with Crippen molar-refractivity contribution in [3.05, 3.63) is 88.1 Å². The summed E-state index contributed by atoms with van der Waals surface area (Å²) in [5.41, 5.74) is 1.50. The first-order chi connectivity index (χ1) is 19.7. The molecule has 1 aliphatic heterocycles. The molecule has 1 aliphatic rings. The van der Waals surface area contributed by atoms with Crippen molar-refractivity contribution in [1.82, 2.24) is 19.4 Å². The van der Waals surface area contributed by atoms with E-state index >= 15 is 0 Å². The number of methoxy groups -OCH3 is 1. The quantitative estimate of drug-likeness (QED) is 0.279. The van der Waals surface area contributed by atoms with Gasteiger partial charge in [0.2, 0.25) is 5.91 Å². The first-order valence-electron chi connectivity index (χ1n) is 13.4. The van der Waals surface area contributed by atoms with Crippen molar-refractivity contribution in [2.24, 2.45) is 0 Å². The van der Waals surface area contributed by atoms with Crippen LogP contribution in [0.5, 0.6) is 5.75 Å². The van der Waals surface area contributed by atoms with Crippen LogP contribution in [0, 0.1) is 5.82 Å². The number of carbonyl (C=O) groups excluding carboxylic acids is 1. The van der Waals surface area contributed by atoms with Gasteiger partial charge in [-0.3, -0.25) is 4.79 Å². The van der Waals surface area contributed by atoms with Gasteiger partial charge >= 0.3 is 5.69 Å². The molecule has 0 N–H and O–H groups in total. The topological polar surface area (TPSA) is 80.6 Å². The van der Waals surface area contributed by atoms with E-state index < -0.39 is 11.5 Å². The number of fused-ring (bicyclic) bond motifs is 1. The van der Waals surface area contributed by atoms with Gasteiger partial charge in [-0.15, -0.1) is 0 Å². The number of benzene rings is 2. The van der Waals surface area contributed by atoms with Crippen molar-refractivity contribution in [2.45, 2.75) is 32.7 Å². The van der Waals surface area contributed by atoms with Crippen LogP contribution < -0.4 is 15.3 Å². The second-order valence-electron chi connectivity index (χ2n) is 10.3. The van der Waals surface area contributed by atoms with Crippen molar-refractivity contribution in [2.75, 3.05) is 31.6 Å². The summed E-state index contributed by atoms with van der Waals surface area (Å²) in [6, 6.07) is 13.3. The molecule has 4 aromatic rings. The minimum Gasteiger partial charge on any atom is -0.495 e. The van der Waals surface area contributed by atoms with E-state index in [4.69, 9.17) is 21.3 Å². The van der Waals surface area contributed by atoms with E-state index in [2.05, 4.69) is 11.6 Å². The van der Waals surface area contributed by atoms with Gasteiger partial charge in [-0.1, -0.05) is 56.3 Å². The van der Waals surface area contributed by atoms with Crippen molar-refractivity contribution in [3.63, 3.8) is 0 Å². The molecule has 0 saturated carbocycles. The summed E-state index contributed by atoms with van der Waals surface area (Å²) in [6.45, 7) is 10.9. The van der Waals surface area contributed by atoms with E-state index in [1.807, 2.05) is 37.8 Å². The molecule has 41 heavy (non-hydrogen) atoms. The number of nitrogens with zero attached hydrogens (tertiary/aromatic N) is 5. The Morgan fingerprint density at radius 3 is 2.59 bits per heavy atom. The minimum absolute atomic E-state index is 0.0376. The van der Waals surface area contributed by atoms with Crippen LogP contribution in [0.2, 0.25) is 5.02 Å². The van der Waals surface area contributed by atoms with Crippen LogP contribution in [0.15, 0.2) is 66.0 Å². The van der Waals surface area contributed by atoms with Crippen LogP contribution in [0.1, 0.15) is 32.3 Å². The number of halogens is 2. The van der Waals surface area contributed by atoms with E-state index in [1.54, 1.807) is 42.3 Å². The highest BCUT2D eigenvalue weighted by atomic mass is 35.5. The van der Waals surface area contributed by atoms with Crippen LogP contribution in [0.25, 0.3) is 28.0 Å². The molecule has 2 aromatic carbocycles. The van der Waals surface area contributed by atoms with E-state index in [9.17, 15) is 14.0 Å². The van der Waals surface area contributed by atoms with Gasteiger partial charge in [0.15, 0.2) is 5.65 Å². The molecule has 212 valence electrons. The third kappa shape index (κ3) is 5.06. The lowest BCUT2D eigenvalue weighted by Gasteiger charge is -2.40. The number of ether oxygens (including phenoxy) is 1. The lowest BCUT2D eigenvalue weighted by Crippen LogP contribution is -2.54. The molecule has 5 rings (SSSR count). The molecule has 3 heterocycles. The Morgan fingerprint density at radius 2 is 1.93 bits per heavy atom. The van der Waals surface area contributed by atoms with Gasteiger partial charge in [0.25, 0.3) is 0 Å². The zero-order chi connectivity index (χ0) is 29.4. The molecule has 2 aromatic heterocycles. The lowest BCUT2D eigenvalue weighted by atomic mass is 10.00. The zero-order valence-electron chi connectivity index (χ0n) is 23.4. The molecule has 1 amide bonds. The first-order valence-corrected chi connectivity index (χ1v) is 13.8. The summed E-state index contributed by atoms with van der Waals surface area (Å²) >= 11 is 6.77. The van der Waals surface area contributed by atoms with Gasteiger partial charge < -0.3 is 14.5 Å². The summed E-state index contributed by atoms with van der Waals surface area (Å²) in [5, 5.41) is 0.735. The molecule has 1 saturated heterocycles. The number of hydrogen-bond acceptors (Lipinski definition) is 6. The largest absolute Gasteiger partial charge is 0.495 e. The highest BCUT2D eigenvalue weighted by Crippen LogP contribution is 2.38. The molecule has 0 unspecified atom stereocenters. The second-order valence-corrected chi connectivity index (χ2v) is 10.7. The van der Waals surface area contributed by atoms with E-state index in [-0.39, 0.29) is 39.8 Å². The number of rotatable bonds is 6.